The van der Waals surface area contributed by atoms with Crippen molar-refractivity contribution < 1.29 is 14.6 Å². The van der Waals surface area contributed by atoms with Crippen LogP contribution in [0, 0.1) is 5.92 Å². The van der Waals surface area contributed by atoms with E-state index in [0.29, 0.717) is 34.5 Å². The molecule has 35 heavy (non-hydrogen) atoms. The zero-order chi connectivity index (χ0) is 24.5. The Hall–Kier alpha value is -2.94. The number of likely N-dealkylation sites (tertiary alicyclic amines) is 1. The number of β-amino-alcohol motifs (C(OH)–C–C–N with tert-alkyl or cyclic N) is 1. The summed E-state index contributed by atoms with van der Waals surface area (Å²) >= 11 is 3.34. The molecule has 1 aliphatic heterocycles. The minimum atomic E-state index is -0.550. The fraction of sp³-hybridized carbons (Fsp3) is 0.333. The van der Waals surface area contributed by atoms with Crippen LogP contribution in [0.3, 0.4) is 0 Å². The van der Waals surface area contributed by atoms with Gasteiger partial charge in [-0.3, -0.25) is 0 Å². The van der Waals surface area contributed by atoms with Crippen LogP contribution in [0.4, 0.5) is 11.6 Å². The summed E-state index contributed by atoms with van der Waals surface area (Å²) in [6, 6.07) is 18.2. The van der Waals surface area contributed by atoms with Crippen molar-refractivity contribution in [3.8, 4) is 11.6 Å². The number of nitrogens with zero attached hydrogens (tertiary/aromatic N) is 3. The number of halogens is 1. The Kier molecular flexibility index (Phi) is 9.11. The van der Waals surface area contributed by atoms with Crippen molar-refractivity contribution in [2.75, 3.05) is 31.6 Å². The van der Waals surface area contributed by atoms with Crippen LogP contribution >= 0.6 is 15.9 Å². The van der Waals surface area contributed by atoms with Gasteiger partial charge in [-0.2, -0.15) is 4.98 Å². The van der Waals surface area contributed by atoms with Crippen LogP contribution < -0.4 is 14.8 Å². The van der Waals surface area contributed by atoms with Crippen LogP contribution in [0.15, 0.2) is 78.1 Å². The zero-order valence-corrected chi connectivity index (χ0v) is 21.2. The van der Waals surface area contributed by atoms with Crippen molar-refractivity contribution in [3.05, 3.63) is 83.7 Å². The van der Waals surface area contributed by atoms with Gasteiger partial charge in [-0.25, -0.2) is 4.98 Å². The number of aliphatic hydroxyl groups excluding tert-OH is 1. The number of rotatable bonds is 11. The summed E-state index contributed by atoms with van der Waals surface area (Å²) in [5, 5.41) is 13.7. The first kappa shape index (κ1) is 25.2. The van der Waals surface area contributed by atoms with Crippen LogP contribution in [0.2, 0.25) is 0 Å². The molecule has 1 aliphatic rings. The Balaban J connectivity index is 1.22. The molecule has 0 unspecified atom stereocenters. The number of hydrogen-bond acceptors (Lipinski definition) is 7. The second-order valence-electron chi connectivity index (χ2n) is 8.68. The standard InChI is InChI=1S/C27H31BrN4O3/c1-2-34-26-25(28)17-29-27(31-26)30-22-9-6-10-24(16-22)35-19-23(33)18-32-13-11-21(12-14-32)15-20-7-4-3-5-8-20/h2-10,16-17,21,23,33H,1,11-15,18-19H2,(H,29,30,31)/t23-/m1/s1. The van der Waals surface area contributed by atoms with E-state index in [4.69, 9.17) is 9.47 Å². The molecule has 2 aromatic carbocycles. The second-order valence-corrected chi connectivity index (χ2v) is 9.54. The Morgan fingerprint density at radius 1 is 1.17 bits per heavy atom. The van der Waals surface area contributed by atoms with Crippen LogP contribution in [0.5, 0.6) is 11.6 Å². The normalized spacial score (nSPS) is 15.4. The molecular formula is C27H31BrN4O3. The molecule has 2 N–H and O–H groups in total. The first-order chi connectivity index (χ1) is 17.1. The molecule has 4 rings (SSSR count). The highest BCUT2D eigenvalue weighted by molar-refractivity contribution is 9.10. The first-order valence-corrected chi connectivity index (χ1v) is 12.6. The second kappa shape index (κ2) is 12.7. The number of aliphatic hydroxyl groups is 1. The van der Waals surface area contributed by atoms with E-state index in [1.165, 1.54) is 11.8 Å². The number of ether oxygens (including phenoxy) is 2. The lowest BCUT2D eigenvalue weighted by atomic mass is 9.90. The Morgan fingerprint density at radius 3 is 2.74 bits per heavy atom. The van der Waals surface area contributed by atoms with Gasteiger partial charge in [0.25, 0.3) is 0 Å². The molecule has 1 saturated heterocycles. The highest BCUT2D eigenvalue weighted by atomic mass is 79.9. The van der Waals surface area contributed by atoms with E-state index in [0.717, 1.165) is 38.0 Å². The molecule has 0 spiro atoms. The Bertz CT molecular complexity index is 1090. The third-order valence-corrected chi connectivity index (χ3v) is 6.53. The molecule has 3 aromatic rings. The van der Waals surface area contributed by atoms with E-state index in [2.05, 4.69) is 73.0 Å². The van der Waals surface area contributed by atoms with Crippen molar-refractivity contribution in [2.45, 2.75) is 25.4 Å². The summed E-state index contributed by atoms with van der Waals surface area (Å²) in [7, 11) is 0. The van der Waals surface area contributed by atoms with E-state index in [1.54, 1.807) is 6.20 Å². The maximum Gasteiger partial charge on any atom is 0.237 e. The minimum Gasteiger partial charge on any atom is -0.491 e. The molecule has 1 fully saturated rings. The molecule has 0 aliphatic carbocycles. The quantitative estimate of drug-likeness (QED) is 0.325. The lowest BCUT2D eigenvalue weighted by molar-refractivity contribution is 0.0551. The maximum absolute atomic E-state index is 10.5. The van der Waals surface area contributed by atoms with Crippen molar-refractivity contribution in [3.63, 3.8) is 0 Å². The smallest absolute Gasteiger partial charge is 0.237 e. The maximum atomic E-state index is 10.5. The molecule has 0 radical (unpaired) electrons. The molecule has 2 heterocycles. The number of nitrogens with one attached hydrogen (secondary N) is 1. The largest absolute Gasteiger partial charge is 0.491 e. The summed E-state index contributed by atoms with van der Waals surface area (Å²) in [6.07, 6.45) is 5.82. The average molecular weight is 539 g/mol. The molecule has 184 valence electrons. The highest BCUT2D eigenvalue weighted by Gasteiger charge is 2.21. The lowest BCUT2D eigenvalue weighted by Gasteiger charge is -2.33. The zero-order valence-electron chi connectivity index (χ0n) is 19.6. The Morgan fingerprint density at radius 2 is 1.97 bits per heavy atom. The number of anilines is 2. The van der Waals surface area contributed by atoms with E-state index < -0.39 is 6.10 Å². The summed E-state index contributed by atoms with van der Waals surface area (Å²) in [5.41, 5.74) is 2.18. The van der Waals surface area contributed by atoms with Gasteiger partial charge in [0, 0.05) is 18.3 Å². The average Bonchev–Trinajstić information content (AvgIpc) is 2.87. The predicted octanol–water partition coefficient (Wildman–Crippen LogP) is 5.20. The third kappa shape index (κ3) is 7.78. The molecule has 0 amide bonds. The molecule has 1 aromatic heterocycles. The minimum absolute atomic E-state index is 0.236. The summed E-state index contributed by atoms with van der Waals surface area (Å²) in [5.74, 6) is 2.14. The Labute approximate surface area is 215 Å². The van der Waals surface area contributed by atoms with Gasteiger partial charge in [0.05, 0.1) is 16.9 Å². The molecule has 0 bridgehead atoms. The van der Waals surface area contributed by atoms with E-state index in [-0.39, 0.29) is 6.61 Å². The van der Waals surface area contributed by atoms with Gasteiger partial charge in [-0.15, -0.1) is 0 Å². The lowest BCUT2D eigenvalue weighted by Crippen LogP contribution is -2.41. The SMILES string of the molecule is C=COc1nc(Nc2cccc(OC[C@H](O)CN3CCC(Cc4ccccc4)CC3)c2)ncc1Br. The van der Waals surface area contributed by atoms with Gasteiger partial charge in [0.15, 0.2) is 0 Å². The predicted molar refractivity (Wildman–Crippen MR) is 141 cm³/mol. The van der Waals surface area contributed by atoms with Crippen LogP contribution in [-0.2, 0) is 6.42 Å². The molecule has 0 saturated carbocycles. The van der Waals surface area contributed by atoms with Crippen LogP contribution in [-0.4, -0.2) is 52.3 Å². The summed E-state index contributed by atoms with van der Waals surface area (Å²) < 4.78 is 11.8. The molecular weight excluding hydrogens is 508 g/mol. The number of piperidine rings is 1. The number of benzene rings is 2. The van der Waals surface area contributed by atoms with Crippen molar-refractivity contribution in [1.29, 1.82) is 0 Å². The topological polar surface area (TPSA) is 79.7 Å². The van der Waals surface area contributed by atoms with Gasteiger partial charge in [0.1, 0.15) is 18.5 Å². The molecule has 7 nitrogen and oxygen atoms in total. The monoisotopic (exact) mass is 538 g/mol. The van der Waals surface area contributed by atoms with Gasteiger partial charge < -0.3 is 24.8 Å². The third-order valence-electron chi connectivity index (χ3n) is 5.98. The highest BCUT2D eigenvalue weighted by Crippen LogP contribution is 2.26. The van der Waals surface area contributed by atoms with Crippen molar-refractivity contribution in [1.82, 2.24) is 14.9 Å². The van der Waals surface area contributed by atoms with E-state index >= 15 is 0 Å². The fourth-order valence-electron chi connectivity index (χ4n) is 4.23. The van der Waals surface area contributed by atoms with Gasteiger partial charge >= 0.3 is 0 Å². The van der Waals surface area contributed by atoms with Gasteiger partial charge in [0.2, 0.25) is 11.8 Å². The van der Waals surface area contributed by atoms with Crippen molar-refractivity contribution >= 4 is 27.6 Å². The summed E-state index contributed by atoms with van der Waals surface area (Å²) in [6.45, 7) is 6.43. The first-order valence-electron chi connectivity index (χ1n) is 11.8. The fourth-order valence-corrected chi connectivity index (χ4v) is 4.51. The molecule has 8 heteroatoms. The van der Waals surface area contributed by atoms with Crippen molar-refractivity contribution in [2.24, 2.45) is 5.92 Å². The summed E-state index contributed by atoms with van der Waals surface area (Å²) in [4.78, 5) is 10.9. The number of aromatic nitrogens is 2. The van der Waals surface area contributed by atoms with E-state index in [9.17, 15) is 5.11 Å². The molecule has 1 atom stereocenters. The van der Waals surface area contributed by atoms with E-state index in [1.807, 2.05) is 24.3 Å². The number of hydrogen-bond donors (Lipinski definition) is 2. The van der Waals surface area contributed by atoms with Gasteiger partial charge in [-0.05, 0) is 71.9 Å². The van der Waals surface area contributed by atoms with Crippen LogP contribution in [0.1, 0.15) is 18.4 Å². The van der Waals surface area contributed by atoms with Crippen LogP contribution in [0.25, 0.3) is 0 Å². The van der Waals surface area contributed by atoms with Gasteiger partial charge in [-0.1, -0.05) is 43.0 Å².